The van der Waals surface area contributed by atoms with Crippen LogP contribution in [0.3, 0.4) is 0 Å². The highest BCUT2D eigenvalue weighted by Crippen LogP contribution is 2.04. The van der Waals surface area contributed by atoms with Crippen LogP contribution in [0.25, 0.3) is 0 Å². The van der Waals surface area contributed by atoms with Gasteiger partial charge in [0.1, 0.15) is 0 Å². The number of rotatable bonds is 9. The molecule has 0 bridgehead atoms. The minimum Gasteiger partial charge on any atom is -0.352 e. The highest BCUT2D eigenvalue weighted by molar-refractivity contribution is 5.89. The average Bonchev–Trinajstić information content (AvgIpc) is 2.61. The Morgan fingerprint density at radius 2 is 1.44 bits per heavy atom. The second-order valence-corrected chi connectivity index (χ2v) is 5.82. The molecule has 0 saturated heterocycles. The Labute approximate surface area is 167 Å². The van der Waals surface area contributed by atoms with Crippen LogP contribution in [-0.2, 0) is 9.59 Å². The molecule has 7 heteroatoms. The van der Waals surface area contributed by atoms with Gasteiger partial charge in [-0.15, -0.1) is 0 Å². The van der Waals surface area contributed by atoms with Gasteiger partial charge in [-0.05, 0) is 32.7 Å². The first kappa shape index (κ1) is 33.0. The smallest absolute Gasteiger partial charge is 0.312 e. The fraction of sp³-hybridized carbons (Fsp3) is 0.850. The van der Waals surface area contributed by atoms with Gasteiger partial charge in [-0.25, -0.2) is 4.79 Å². The monoisotopic (exact) mass is 390 g/mol. The predicted molar refractivity (Wildman–Crippen MR) is 116 cm³/mol. The van der Waals surface area contributed by atoms with Crippen molar-refractivity contribution in [1.29, 1.82) is 0 Å². The number of carbonyl (C=O) groups is 3. The normalized spacial score (nSPS) is 11.2. The summed E-state index contributed by atoms with van der Waals surface area (Å²) in [6.45, 7) is 17.9. The number of amides is 3. The topological polar surface area (TPSA) is 113 Å². The number of likely N-dealkylation sites (N-methyl/N-ethyl adjacent to an activating group) is 1. The molecule has 3 amide bonds. The van der Waals surface area contributed by atoms with Gasteiger partial charge < -0.3 is 21.7 Å². The largest absolute Gasteiger partial charge is 0.352 e. The molecule has 0 aromatic rings. The van der Waals surface area contributed by atoms with Gasteiger partial charge in [0.05, 0.1) is 12.1 Å². The molecule has 1 unspecified atom stereocenters. The molecule has 0 heterocycles. The van der Waals surface area contributed by atoms with Crippen molar-refractivity contribution in [3.8, 4) is 0 Å². The summed E-state index contributed by atoms with van der Waals surface area (Å²) >= 11 is 0. The van der Waals surface area contributed by atoms with E-state index in [-0.39, 0.29) is 23.7 Å². The van der Waals surface area contributed by atoms with E-state index in [0.717, 1.165) is 0 Å². The molecule has 0 rings (SSSR count). The number of nitrogens with one attached hydrogen (secondary N) is 3. The minimum atomic E-state index is -0.594. The molecule has 7 nitrogen and oxygen atoms in total. The van der Waals surface area contributed by atoms with Crippen LogP contribution in [0.1, 0.15) is 81.6 Å². The van der Waals surface area contributed by atoms with Crippen LogP contribution in [0.4, 0.5) is 4.79 Å². The van der Waals surface area contributed by atoms with E-state index >= 15 is 0 Å². The Balaban J connectivity index is -0.000000331. The molecule has 0 saturated carbocycles. The number of carbonyl (C=O) groups excluding carboxylic acids is 3. The van der Waals surface area contributed by atoms with Crippen molar-refractivity contribution >= 4 is 17.7 Å². The van der Waals surface area contributed by atoms with E-state index in [1.807, 2.05) is 41.5 Å². The van der Waals surface area contributed by atoms with Crippen molar-refractivity contribution in [2.24, 2.45) is 11.7 Å². The van der Waals surface area contributed by atoms with Crippen LogP contribution in [0, 0.1) is 5.92 Å². The molecule has 0 aliphatic carbocycles. The molecule has 0 aromatic carbocycles. The first-order valence-electron chi connectivity index (χ1n) is 10.2. The van der Waals surface area contributed by atoms with E-state index in [4.69, 9.17) is 5.73 Å². The summed E-state index contributed by atoms with van der Waals surface area (Å²) in [4.78, 5) is 34.1. The average molecular weight is 391 g/mol. The lowest BCUT2D eigenvalue weighted by Gasteiger charge is -2.23. The van der Waals surface area contributed by atoms with Crippen molar-refractivity contribution in [2.75, 3.05) is 13.6 Å². The van der Waals surface area contributed by atoms with Crippen LogP contribution in [0.15, 0.2) is 0 Å². The molecular formula is C20H46N4O3. The third-order valence-corrected chi connectivity index (χ3v) is 3.04. The fourth-order valence-electron chi connectivity index (χ4n) is 1.92. The molecule has 0 spiro atoms. The summed E-state index contributed by atoms with van der Waals surface area (Å²) in [5, 5.41) is 8.12. The maximum Gasteiger partial charge on any atom is 0.312 e. The van der Waals surface area contributed by atoms with Gasteiger partial charge in [0.2, 0.25) is 5.91 Å². The number of primary amides is 1. The van der Waals surface area contributed by atoms with Gasteiger partial charge >= 0.3 is 6.03 Å². The van der Waals surface area contributed by atoms with E-state index in [9.17, 15) is 14.4 Å². The van der Waals surface area contributed by atoms with E-state index in [2.05, 4.69) is 29.8 Å². The fourth-order valence-corrected chi connectivity index (χ4v) is 1.92. The third-order valence-electron chi connectivity index (χ3n) is 3.04. The first-order valence-corrected chi connectivity index (χ1v) is 10.2. The Kier molecular flexibility index (Phi) is 29.8. The van der Waals surface area contributed by atoms with Gasteiger partial charge in [-0.3, -0.25) is 9.59 Å². The van der Waals surface area contributed by atoms with Gasteiger partial charge in [-0.1, -0.05) is 61.8 Å². The first-order chi connectivity index (χ1) is 12.7. The van der Waals surface area contributed by atoms with Crippen LogP contribution < -0.4 is 21.7 Å². The molecule has 2 atom stereocenters. The minimum absolute atomic E-state index is 0.101. The van der Waals surface area contributed by atoms with Crippen LogP contribution in [-0.4, -0.2) is 43.4 Å². The SMILES string of the molecule is CC.CC.CCC.CNC(C(=O)N[C@@H](CCCNC(N)=O)C(C)=O)C(C)C. The molecular weight excluding hydrogens is 344 g/mol. The number of nitrogens with two attached hydrogens (primary N) is 1. The van der Waals surface area contributed by atoms with Crippen molar-refractivity contribution in [3.63, 3.8) is 0 Å². The summed E-state index contributed by atoms with van der Waals surface area (Å²) in [5.41, 5.74) is 4.95. The second-order valence-electron chi connectivity index (χ2n) is 5.82. The van der Waals surface area contributed by atoms with E-state index < -0.39 is 12.1 Å². The van der Waals surface area contributed by atoms with E-state index in [1.165, 1.54) is 13.3 Å². The zero-order valence-electron chi connectivity index (χ0n) is 19.4. The summed E-state index contributed by atoms with van der Waals surface area (Å²) in [5.74, 6) is -0.161. The maximum absolute atomic E-state index is 12.1. The van der Waals surface area contributed by atoms with E-state index in [1.54, 1.807) is 7.05 Å². The Bertz CT molecular complexity index is 361. The zero-order valence-corrected chi connectivity index (χ0v) is 19.4. The molecule has 0 aliphatic rings. The lowest BCUT2D eigenvalue weighted by molar-refractivity contribution is -0.129. The lowest BCUT2D eigenvalue weighted by atomic mass is 10.0. The summed E-state index contributed by atoms with van der Waals surface area (Å²) in [6.07, 6.45) is 2.29. The van der Waals surface area contributed by atoms with Crippen molar-refractivity contribution in [2.45, 2.75) is 93.7 Å². The van der Waals surface area contributed by atoms with Crippen LogP contribution in [0.2, 0.25) is 0 Å². The third kappa shape index (κ3) is 22.3. The molecule has 5 N–H and O–H groups in total. The number of urea groups is 1. The molecule has 164 valence electrons. The predicted octanol–water partition coefficient (Wildman–Crippen LogP) is 3.22. The van der Waals surface area contributed by atoms with Gasteiger partial charge in [0.15, 0.2) is 5.78 Å². The molecule has 27 heavy (non-hydrogen) atoms. The summed E-state index contributed by atoms with van der Waals surface area (Å²) in [6, 6.07) is -1.46. The molecule has 0 fully saturated rings. The second kappa shape index (κ2) is 24.4. The lowest BCUT2D eigenvalue weighted by Crippen LogP contribution is -2.51. The zero-order chi connectivity index (χ0) is 22.4. The number of hydrogen-bond donors (Lipinski definition) is 4. The number of Topliss-reactive ketones (excluding diaryl/α,β-unsaturated/α-hetero) is 1. The highest BCUT2D eigenvalue weighted by atomic mass is 16.2. The number of ketones is 1. The Hall–Kier alpha value is -1.63. The highest BCUT2D eigenvalue weighted by Gasteiger charge is 2.24. The standard InChI is InChI=1S/C13H26N4O3.C3H8.2C2H6/c1-8(2)11(15-4)12(19)17-10(9(3)18)6-5-7-16-13(14)20;1-3-2;2*1-2/h8,10-11,15H,5-7H2,1-4H3,(H,17,19)(H3,14,16,20);3H2,1-2H3;2*1-2H3/t10-,11?;;;/m0.../s1. The summed E-state index contributed by atoms with van der Waals surface area (Å²) in [7, 11) is 1.71. The quantitative estimate of drug-likeness (QED) is 0.453. The van der Waals surface area contributed by atoms with Crippen LogP contribution in [0.5, 0.6) is 0 Å². The molecule has 0 aliphatic heterocycles. The van der Waals surface area contributed by atoms with Crippen molar-refractivity contribution in [3.05, 3.63) is 0 Å². The van der Waals surface area contributed by atoms with E-state index in [0.29, 0.717) is 19.4 Å². The van der Waals surface area contributed by atoms with Gasteiger partial charge in [0, 0.05) is 6.54 Å². The Morgan fingerprint density at radius 3 is 1.74 bits per heavy atom. The molecule has 0 radical (unpaired) electrons. The summed E-state index contributed by atoms with van der Waals surface area (Å²) < 4.78 is 0. The molecule has 0 aromatic heterocycles. The van der Waals surface area contributed by atoms with Crippen molar-refractivity contribution < 1.29 is 14.4 Å². The number of hydrogen-bond acceptors (Lipinski definition) is 4. The Morgan fingerprint density at radius 1 is 1.00 bits per heavy atom. The van der Waals surface area contributed by atoms with Gasteiger partial charge in [0.25, 0.3) is 0 Å². The van der Waals surface area contributed by atoms with Crippen molar-refractivity contribution in [1.82, 2.24) is 16.0 Å². The maximum atomic E-state index is 12.1. The van der Waals surface area contributed by atoms with Crippen LogP contribution >= 0.6 is 0 Å². The van der Waals surface area contributed by atoms with Gasteiger partial charge in [-0.2, -0.15) is 0 Å².